The van der Waals surface area contributed by atoms with Gasteiger partial charge in [0.15, 0.2) is 0 Å². The number of morpholine rings is 1. The lowest BCUT2D eigenvalue weighted by atomic mass is 10.2. The zero-order chi connectivity index (χ0) is 13.8. The van der Waals surface area contributed by atoms with E-state index in [0.29, 0.717) is 36.6 Å². The molecule has 6 heteroatoms. The van der Waals surface area contributed by atoms with E-state index in [9.17, 15) is 4.79 Å². The summed E-state index contributed by atoms with van der Waals surface area (Å²) in [6, 6.07) is 0. The number of likely N-dealkylation sites (tertiary alicyclic amines) is 1. The molecule has 2 fully saturated rings. The standard InChI is InChI=1S/C13H23N3O2S/c1-15(6-4-12(14)19)13(17)5-7-16-8-10-2-3-11(9-16)18-10/h10-11H,2-9H2,1H3,(H2,14,19). The molecule has 0 saturated carbocycles. The maximum atomic E-state index is 12.0. The second kappa shape index (κ2) is 6.63. The Morgan fingerprint density at radius 3 is 2.58 bits per heavy atom. The molecule has 0 spiro atoms. The third-order valence-electron chi connectivity index (χ3n) is 3.88. The maximum Gasteiger partial charge on any atom is 0.223 e. The Balaban J connectivity index is 1.67. The van der Waals surface area contributed by atoms with Crippen molar-refractivity contribution in [2.24, 2.45) is 5.73 Å². The molecule has 0 aliphatic carbocycles. The molecule has 2 aliphatic rings. The third-order valence-corrected chi connectivity index (χ3v) is 4.08. The van der Waals surface area contributed by atoms with Crippen LogP contribution in [-0.2, 0) is 9.53 Å². The summed E-state index contributed by atoms with van der Waals surface area (Å²) in [4.78, 5) is 16.5. The molecule has 2 unspecified atom stereocenters. The van der Waals surface area contributed by atoms with Gasteiger partial charge in [0.25, 0.3) is 0 Å². The first kappa shape index (κ1) is 14.7. The minimum atomic E-state index is 0.162. The molecular formula is C13H23N3O2S. The van der Waals surface area contributed by atoms with Crippen LogP contribution in [0.25, 0.3) is 0 Å². The lowest BCUT2D eigenvalue weighted by molar-refractivity contribution is -0.130. The molecule has 1 amide bonds. The molecule has 2 N–H and O–H groups in total. The minimum absolute atomic E-state index is 0.162. The molecular weight excluding hydrogens is 262 g/mol. The SMILES string of the molecule is CN(CCC(N)=S)C(=O)CCN1CC2CCC(C1)O2. The number of carbonyl (C=O) groups is 1. The van der Waals surface area contributed by atoms with Crippen molar-refractivity contribution in [3.63, 3.8) is 0 Å². The number of rotatable bonds is 6. The predicted octanol–water partition coefficient (Wildman–Crippen LogP) is 0.374. The highest BCUT2D eigenvalue weighted by Crippen LogP contribution is 2.26. The van der Waals surface area contributed by atoms with Gasteiger partial charge in [0, 0.05) is 46.1 Å². The van der Waals surface area contributed by atoms with Crippen molar-refractivity contribution in [1.29, 1.82) is 0 Å². The molecule has 2 atom stereocenters. The first-order valence-corrected chi connectivity index (χ1v) is 7.35. The third kappa shape index (κ3) is 4.40. The summed E-state index contributed by atoms with van der Waals surface area (Å²) < 4.78 is 5.78. The van der Waals surface area contributed by atoms with Crippen LogP contribution in [0.15, 0.2) is 0 Å². The summed E-state index contributed by atoms with van der Waals surface area (Å²) >= 11 is 4.82. The highest BCUT2D eigenvalue weighted by molar-refractivity contribution is 7.80. The van der Waals surface area contributed by atoms with Gasteiger partial charge in [-0.1, -0.05) is 12.2 Å². The average molecular weight is 285 g/mol. The second-order valence-corrected chi connectivity index (χ2v) is 6.02. The van der Waals surface area contributed by atoms with Crippen molar-refractivity contribution >= 4 is 23.1 Å². The summed E-state index contributed by atoms with van der Waals surface area (Å²) in [5.41, 5.74) is 5.44. The Morgan fingerprint density at radius 1 is 1.37 bits per heavy atom. The fourth-order valence-electron chi connectivity index (χ4n) is 2.73. The van der Waals surface area contributed by atoms with Crippen LogP contribution >= 0.6 is 12.2 Å². The zero-order valence-corrected chi connectivity index (χ0v) is 12.3. The molecule has 2 bridgehead atoms. The van der Waals surface area contributed by atoms with Crippen LogP contribution < -0.4 is 5.73 Å². The topological polar surface area (TPSA) is 58.8 Å². The molecule has 0 aromatic rings. The van der Waals surface area contributed by atoms with Crippen LogP contribution in [0.5, 0.6) is 0 Å². The lowest BCUT2D eigenvalue weighted by Gasteiger charge is -2.32. The molecule has 2 heterocycles. The Morgan fingerprint density at radius 2 is 2.00 bits per heavy atom. The van der Waals surface area contributed by atoms with E-state index in [1.165, 1.54) is 12.8 Å². The van der Waals surface area contributed by atoms with Gasteiger partial charge in [-0.25, -0.2) is 0 Å². The minimum Gasteiger partial charge on any atom is -0.393 e. The maximum absolute atomic E-state index is 12.0. The number of hydrogen-bond donors (Lipinski definition) is 1. The van der Waals surface area contributed by atoms with Crippen molar-refractivity contribution < 1.29 is 9.53 Å². The Labute approximate surface area is 120 Å². The van der Waals surface area contributed by atoms with Gasteiger partial charge in [-0.05, 0) is 12.8 Å². The van der Waals surface area contributed by atoms with Crippen molar-refractivity contribution in [3.8, 4) is 0 Å². The molecule has 5 nitrogen and oxygen atoms in total. The number of hydrogen-bond acceptors (Lipinski definition) is 4. The highest BCUT2D eigenvalue weighted by Gasteiger charge is 2.33. The van der Waals surface area contributed by atoms with Gasteiger partial charge in [-0.2, -0.15) is 0 Å². The van der Waals surface area contributed by atoms with Crippen molar-refractivity contribution in [2.45, 2.75) is 37.9 Å². The number of nitrogens with two attached hydrogens (primary N) is 1. The van der Waals surface area contributed by atoms with Crippen molar-refractivity contribution in [3.05, 3.63) is 0 Å². The lowest BCUT2D eigenvalue weighted by Crippen LogP contribution is -2.44. The Hall–Kier alpha value is -0.720. The Kier molecular flexibility index (Phi) is 5.13. The highest BCUT2D eigenvalue weighted by atomic mass is 32.1. The molecule has 0 aromatic heterocycles. The van der Waals surface area contributed by atoms with Gasteiger partial charge in [0.2, 0.25) is 5.91 Å². The monoisotopic (exact) mass is 285 g/mol. The first-order chi connectivity index (χ1) is 9.04. The Bertz CT molecular complexity index is 339. The van der Waals surface area contributed by atoms with Crippen molar-refractivity contribution in [1.82, 2.24) is 9.80 Å². The fraction of sp³-hybridized carbons (Fsp3) is 0.846. The fourth-order valence-corrected chi connectivity index (χ4v) is 2.82. The molecule has 2 rings (SSSR count). The van der Waals surface area contributed by atoms with Crippen LogP contribution in [-0.4, -0.2) is 66.1 Å². The molecule has 19 heavy (non-hydrogen) atoms. The number of carbonyl (C=O) groups excluding carboxylic acids is 1. The van der Waals surface area contributed by atoms with E-state index in [4.69, 9.17) is 22.7 Å². The predicted molar refractivity (Wildman–Crippen MR) is 78.0 cm³/mol. The molecule has 2 aliphatic heterocycles. The van der Waals surface area contributed by atoms with Crippen LogP contribution in [0.2, 0.25) is 0 Å². The average Bonchev–Trinajstić information content (AvgIpc) is 2.72. The quantitative estimate of drug-likeness (QED) is 0.715. The van der Waals surface area contributed by atoms with E-state index in [1.54, 1.807) is 4.90 Å². The van der Waals surface area contributed by atoms with Gasteiger partial charge in [0.1, 0.15) is 0 Å². The van der Waals surface area contributed by atoms with E-state index < -0.39 is 0 Å². The van der Waals surface area contributed by atoms with Gasteiger partial charge >= 0.3 is 0 Å². The van der Waals surface area contributed by atoms with Crippen LogP contribution in [0.4, 0.5) is 0 Å². The van der Waals surface area contributed by atoms with E-state index >= 15 is 0 Å². The van der Waals surface area contributed by atoms with E-state index in [0.717, 1.165) is 19.6 Å². The smallest absolute Gasteiger partial charge is 0.223 e. The summed E-state index contributed by atoms with van der Waals surface area (Å²) in [5.74, 6) is 0.162. The summed E-state index contributed by atoms with van der Waals surface area (Å²) in [5, 5.41) is 0. The van der Waals surface area contributed by atoms with E-state index in [2.05, 4.69) is 4.90 Å². The summed E-state index contributed by atoms with van der Waals surface area (Å²) in [6.45, 7) is 3.38. The van der Waals surface area contributed by atoms with E-state index in [-0.39, 0.29) is 5.91 Å². The van der Waals surface area contributed by atoms with Gasteiger partial charge in [0.05, 0.1) is 17.2 Å². The summed E-state index contributed by atoms with van der Waals surface area (Å²) in [7, 11) is 1.81. The summed E-state index contributed by atoms with van der Waals surface area (Å²) in [6.07, 6.45) is 4.28. The number of fused-ring (bicyclic) bond motifs is 2. The van der Waals surface area contributed by atoms with Crippen molar-refractivity contribution in [2.75, 3.05) is 33.2 Å². The first-order valence-electron chi connectivity index (χ1n) is 6.94. The number of ether oxygens (including phenoxy) is 1. The molecule has 108 valence electrons. The van der Waals surface area contributed by atoms with Crippen LogP contribution in [0, 0.1) is 0 Å². The number of amides is 1. The molecule has 0 radical (unpaired) electrons. The largest absolute Gasteiger partial charge is 0.393 e. The number of thiocarbonyl (C=S) groups is 1. The van der Waals surface area contributed by atoms with Gasteiger partial charge in [-0.15, -0.1) is 0 Å². The van der Waals surface area contributed by atoms with Gasteiger partial charge < -0.3 is 15.4 Å². The molecule has 0 aromatic carbocycles. The zero-order valence-electron chi connectivity index (χ0n) is 11.5. The normalized spacial score (nSPS) is 26.4. The second-order valence-electron chi connectivity index (χ2n) is 5.50. The van der Waals surface area contributed by atoms with Crippen LogP contribution in [0.1, 0.15) is 25.7 Å². The number of nitrogens with zero attached hydrogens (tertiary/aromatic N) is 2. The van der Waals surface area contributed by atoms with E-state index in [1.807, 2.05) is 7.05 Å². The molecule has 2 saturated heterocycles. The van der Waals surface area contributed by atoms with Crippen LogP contribution in [0.3, 0.4) is 0 Å². The van der Waals surface area contributed by atoms with Gasteiger partial charge in [-0.3, -0.25) is 9.69 Å².